The van der Waals surface area contributed by atoms with Crippen molar-refractivity contribution in [2.24, 2.45) is 0 Å². The number of unbranched alkanes of at least 4 members (excludes halogenated alkanes) is 2. The summed E-state index contributed by atoms with van der Waals surface area (Å²) in [5, 5.41) is 8.48. The van der Waals surface area contributed by atoms with Crippen molar-refractivity contribution in [1.82, 2.24) is 0 Å². The van der Waals surface area contributed by atoms with Gasteiger partial charge in [-0.25, -0.2) is 4.79 Å². The SMILES string of the molecule is CC(=O)c1ccc(C(=O)OCCCCOC(=O)CCCCC(=O)O)cc1. The zero-order valence-corrected chi connectivity index (χ0v) is 14.9. The second-order valence-electron chi connectivity index (χ2n) is 5.80. The molecule has 0 unspecified atom stereocenters. The molecule has 0 saturated carbocycles. The average Bonchev–Trinajstić information content (AvgIpc) is 2.61. The van der Waals surface area contributed by atoms with Gasteiger partial charge in [0, 0.05) is 18.4 Å². The summed E-state index contributed by atoms with van der Waals surface area (Å²) in [6, 6.07) is 6.25. The minimum Gasteiger partial charge on any atom is -0.481 e. The largest absolute Gasteiger partial charge is 0.481 e. The van der Waals surface area contributed by atoms with E-state index in [-0.39, 0.29) is 37.8 Å². The summed E-state index contributed by atoms with van der Waals surface area (Å²) in [6.07, 6.45) is 2.33. The fourth-order valence-electron chi connectivity index (χ4n) is 2.10. The lowest BCUT2D eigenvalue weighted by molar-refractivity contribution is -0.144. The Hall–Kier alpha value is -2.70. The first-order valence-corrected chi connectivity index (χ1v) is 8.55. The number of aliphatic carboxylic acids is 1. The van der Waals surface area contributed by atoms with Crippen LogP contribution in [0.15, 0.2) is 24.3 Å². The van der Waals surface area contributed by atoms with Crippen LogP contribution in [0.1, 0.15) is 66.2 Å². The van der Waals surface area contributed by atoms with Gasteiger partial charge < -0.3 is 14.6 Å². The third-order valence-corrected chi connectivity index (χ3v) is 3.58. The molecule has 0 aliphatic rings. The molecule has 142 valence electrons. The lowest BCUT2D eigenvalue weighted by atomic mass is 10.1. The van der Waals surface area contributed by atoms with Crippen molar-refractivity contribution in [2.75, 3.05) is 13.2 Å². The van der Waals surface area contributed by atoms with Gasteiger partial charge in [0.25, 0.3) is 0 Å². The standard InChI is InChI=1S/C19H24O7/c1-14(20)15-8-10-16(11-9-15)19(24)26-13-5-4-12-25-18(23)7-3-2-6-17(21)22/h8-11H,2-7,12-13H2,1H3,(H,21,22). The quantitative estimate of drug-likeness (QED) is 0.345. The summed E-state index contributed by atoms with van der Waals surface area (Å²) in [5.41, 5.74) is 0.911. The molecule has 0 aromatic heterocycles. The molecule has 7 nitrogen and oxygen atoms in total. The third kappa shape index (κ3) is 8.96. The smallest absolute Gasteiger partial charge is 0.338 e. The first-order chi connectivity index (χ1) is 12.4. The van der Waals surface area contributed by atoms with Crippen LogP contribution in [0.4, 0.5) is 0 Å². The van der Waals surface area contributed by atoms with Gasteiger partial charge in [-0.15, -0.1) is 0 Å². The van der Waals surface area contributed by atoms with Crippen LogP contribution < -0.4 is 0 Å². The topological polar surface area (TPSA) is 107 Å². The molecule has 0 radical (unpaired) electrons. The highest BCUT2D eigenvalue weighted by atomic mass is 16.5. The fourth-order valence-corrected chi connectivity index (χ4v) is 2.10. The molecule has 0 aliphatic heterocycles. The number of benzene rings is 1. The lowest BCUT2D eigenvalue weighted by Crippen LogP contribution is -2.09. The number of carbonyl (C=O) groups is 4. The Balaban J connectivity index is 2.09. The van der Waals surface area contributed by atoms with Crippen LogP contribution in [0.3, 0.4) is 0 Å². The predicted octanol–water partition coefficient (Wildman–Crippen LogP) is 3.01. The zero-order valence-electron chi connectivity index (χ0n) is 14.9. The molecule has 0 heterocycles. The molecule has 7 heteroatoms. The van der Waals surface area contributed by atoms with Crippen molar-refractivity contribution >= 4 is 23.7 Å². The van der Waals surface area contributed by atoms with Gasteiger partial charge in [0.1, 0.15) is 0 Å². The Morgan fingerprint density at radius 3 is 1.92 bits per heavy atom. The van der Waals surface area contributed by atoms with Crippen LogP contribution in [-0.2, 0) is 19.1 Å². The monoisotopic (exact) mass is 364 g/mol. The normalized spacial score (nSPS) is 10.2. The second-order valence-corrected chi connectivity index (χ2v) is 5.80. The third-order valence-electron chi connectivity index (χ3n) is 3.58. The number of esters is 2. The Morgan fingerprint density at radius 1 is 0.808 bits per heavy atom. The maximum atomic E-state index is 11.8. The molecular formula is C19H24O7. The molecule has 0 spiro atoms. The van der Waals surface area contributed by atoms with Crippen LogP contribution in [-0.4, -0.2) is 42.0 Å². The Bertz CT molecular complexity index is 619. The highest BCUT2D eigenvalue weighted by molar-refractivity contribution is 5.96. The highest BCUT2D eigenvalue weighted by Crippen LogP contribution is 2.07. The fraction of sp³-hybridized carbons (Fsp3) is 0.474. The lowest BCUT2D eigenvalue weighted by Gasteiger charge is -2.06. The van der Waals surface area contributed by atoms with Crippen LogP contribution >= 0.6 is 0 Å². The second kappa shape index (κ2) is 11.8. The van der Waals surface area contributed by atoms with E-state index in [2.05, 4.69) is 0 Å². The summed E-state index contributed by atoms with van der Waals surface area (Å²) in [6.45, 7) is 1.91. The molecule has 0 amide bonds. The van der Waals surface area contributed by atoms with Gasteiger partial charge >= 0.3 is 17.9 Å². The molecule has 1 aromatic rings. The van der Waals surface area contributed by atoms with Crippen molar-refractivity contribution in [2.45, 2.75) is 45.4 Å². The molecule has 0 atom stereocenters. The predicted molar refractivity (Wildman–Crippen MR) is 93.0 cm³/mol. The van der Waals surface area contributed by atoms with E-state index in [9.17, 15) is 19.2 Å². The molecule has 1 rings (SSSR count). The number of carboxylic acids is 1. The van der Waals surface area contributed by atoms with Gasteiger partial charge in [0.05, 0.1) is 18.8 Å². The highest BCUT2D eigenvalue weighted by Gasteiger charge is 2.08. The van der Waals surface area contributed by atoms with Crippen molar-refractivity contribution in [3.63, 3.8) is 0 Å². The van der Waals surface area contributed by atoms with Gasteiger partial charge in [0.2, 0.25) is 0 Å². The van der Waals surface area contributed by atoms with Crippen molar-refractivity contribution in [3.05, 3.63) is 35.4 Å². The van der Waals surface area contributed by atoms with Gasteiger partial charge in [-0.05, 0) is 44.7 Å². The molecule has 26 heavy (non-hydrogen) atoms. The van der Waals surface area contributed by atoms with Gasteiger partial charge in [-0.3, -0.25) is 14.4 Å². The van der Waals surface area contributed by atoms with Gasteiger partial charge in [-0.1, -0.05) is 12.1 Å². The number of carboxylic acid groups (broad SMARTS) is 1. The first kappa shape index (κ1) is 21.3. The van der Waals surface area contributed by atoms with E-state index in [0.29, 0.717) is 36.8 Å². The van der Waals surface area contributed by atoms with Crippen LogP contribution in [0.25, 0.3) is 0 Å². The number of hydrogen-bond acceptors (Lipinski definition) is 6. The molecule has 0 fully saturated rings. The number of ketones is 1. The Labute approximate surface area is 152 Å². The summed E-state index contributed by atoms with van der Waals surface area (Å²) < 4.78 is 10.1. The summed E-state index contributed by atoms with van der Waals surface area (Å²) in [7, 11) is 0. The van der Waals surface area contributed by atoms with E-state index in [1.807, 2.05) is 0 Å². The maximum Gasteiger partial charge on any atom is 0.338 e. The number of ether oxygens (including phenoxy) is 2. The number of carbonyl (C=O) groups excluding carboxylic acids is 3. The van der Waals surface area contributed by atoms with E-state index in [1.165, 1.54) is 6.92 Å². The molecule has 1 aromatic carbocycles. The minimum absolute atomic E-state index is 0.0517. The molecule has 0 aliphatic carbocycles. The number of Topliss-reactive ketones (excluding diaryl/α,β-unsaturated/α-hetero) is 1. The molecule has 0 bridgehead atoms. The molecule has 0 saturated heterocycles. The van der Waals surface area contributed by atoms with E-state index in [4.69, 9.17) is 14.6 Å². The minimum atomic E-state index is -0.872. The summed E-state index contributed by atoms with van der Waals surface area (Å²) in [4.78, 5) is 44.7. The maximum absolute atomic E-state index is 11.8. The van der Waals surface area contributed by atoms with Crippen LogP contribution in [0.5, 0.6) is 0 Å². The van der Waals surface area contributed by atoms with E-state index >= 15 is 0 Å². The van der Waals surface area contributed by atoms with Crippen molar-refractivity contribution < 1.29 is 33.8 Å². The summed E-state index contributed by atoms with van der Waals surface area (Å²) in [5.74, 6) is -1.75. The van der Waals surface area contributed by atoms with Gasteiger partial charge in [-0.2, -0.15) is 0 Å². The molecule has 1 N–H and O–H groups in total. The molecular weight excluding hydrogens is 340 g/mol. The van der Waals surface area contributed by atoms with Crippen LogP contribution in [0.2, 0.25) is 0 Å². The van der Waals surface area contributed by atoms with Crippen LogP contribution in [0, 0.1) is 0 Å². The van der Waals surface area contributed by atoms with Crippen molar-refractivity contribution in [1.29, 1.82) is 0 Å². The Morgan fingerprint density at radius 2 is 1.35 bits per heavy atom. The first-order valence-electron chi connectivity index (χ1n) is 8.55. The van der Waals surface area contributed by atoms with E-state index in [1.54, 1.807) is 24.3 Å². The van der Waals surface area contributed by atoms with Crippen molar-refractivity contribution in [3.8, 4) is 0 Å². The Kier molecular flexibility index (Phi) is 9.67. The van der Waals surface area contributed by atoms with E-state index < -0.39 is 11.9 Å². The zero-order chi connectivity index (χ0) is 19.4. The summed E-state index contributed by atoms with van der Waals surface area (Å²) >= 11 is 0. The average molecular weight is 364 g/mol. The number of hydrogen-bond donors (Lipinski definition) is 1. The van der Waals surface area contributed by atoms with E-state index in [0.717, 1.165) is 0 Å². The van der Waals surface area contributed by atoms with Gasteiger partial charge in [0.15, 0.2) is 5.78 Å². The number of rotatable bonds is 12.